The molecule has 3 heterocycles. The number of nitrogens with zero attached hydrogens (tertiary/aromatic N) is 5. The van der Waals surface area contributed by atoms with E-state index in [1.54, 1.807) is 59.2 Å². The molecule has 0 saturated heterocycles. The van der Waals surface area contributed by atoms with E-state index >= 15 is 0 Å². The molecule has 0 aliphatic carbocycles. The molecule has 1 N–H and O–H groups in total. The molecule has 37 heavy (non-hydrogen) atoms. The molecule has 0 aromatic carbocycles. The molecular weight excluding hydrogens is 497 g/mol. The average molecular weight is 526 g/mol. The highest BCUT2D eigenvalue weighted by Crippen LogP contribution is 2.25. The lowest BCUT2D eigenvalue weighted by atomic mass is 10.1. The van der Waals surface area contributed by atoms with Crippen LogP contribution in [0.15, 0.2) is 58.6 Å². The van der Waals surface area contributed by atoms with E-state index in [0.717, 1.165) is 0 Å². The van der Waals surface area contributed by atoms with Gasteiger partial charge in [0.1, 0.15) is 34.5 Å². The number of hydrogen-bond acceptors (Lipinski definition) is 7. The number of ether oxygens (including phenoxy) is 1. The number of rotatable bonds is 9. The topological polar surface area (TPSA) is 102 Å². The summed E-state index contributed by atoms with van der Waals surface area (Å²) in [6, 6.07) is 4.67. The first-order valence-corrected chi connectivity index (χ1v) is 11.8. The van der Waals surface area contributed by atoms with Gasteiger partial charge in [-0.05, 0) is 64.0 Å². The lowest BCUT2D eigenvalue weighted by Gasteiger charge is -2.16. The summed E-state index contributed by atoms with van der Waals surface area (Å²) in [6.07, 6.45) is 6.25. The van der Waals surface area contributed by atoms with Gasteiger partial charge in [-0.15, -0.1) is 0 Å². The second kappa shape index (κ2) is 11.6. The molecule has 0 fully saturated rings. The van der Waals surface area contributed by atoms with Crippen molar-refractivity contribution in [1.82, 2.24) is 19.5 Å². The quantitative estimate of drug-likeness (QED) is 0.313. The number of allylic oxidation sites excluding steroid dienone is 3. The molecule has 0 bridgehead atoms. The van der Waals surface area contributed by atoms with Crippen molar-refractivity contribution in [3.8, 4) is 5.75 Å². The molecule has 3 aromatic rings. The van der Waals surface area contributed by atoms with Crippen LogP contribution in [0.4, 0.5) is 4.39 Å². The summed E-state index contributed by atoms with van der Waals surface area (Å²) in [6.45, 7) is 12.4. The standard InChI is InChI=1S/C27H29ClFN5O3/c1-7-22(17(3)13-30-14-19-8-9-31-26(33-19)27(5,6)36)34-18(4)11-23(24(28)25(34)35)37-15-21-20(29)10-16(2)12-32-21/h7-13,36H,1,14-15H2,2-6H3/b22-17+,30-13?. The van der Waals surface area contributed by atoms with Gasteiger partial charge in [-0.25, -0.2) is 14.4 Å². The highest BCUT2D eigenvalue weighted by atomic mass is 35.5. The molecule has 3 rings (SSSR count). The minimum Gasteiger partial charge on any atom is -0.485 e. The number of aryl methyl sites for hydroxylation is 2. The normalized spacial score (nSPS) is 12.5. The Morgan fingerprint density at radius 1 is 1.32 bits per heavy atom. The fraction of sp³-hybridized carbons (Fsp3) is 0.296. The first-order chi connectivity index (χ1) is 17.4. The largest absolute Gasteiger partial charge is 0.485 e. The number of hydrogen-bond donors (Lipinski definition) is 1. The van der Waals surface area contributed by atoms with Crippen molar-refractivity contribution in [2.45, 2.75) is 53.4 Å². The Labute approximate surface area is 219 Å². The van der Waals surface area contributed by atoms with Crippen molar-refractivity contribution in [3.05, 3.63) is 98.5 Å². The van der Waals surface area contributed by atoms with E-state index in [9.17, 15) is 14.3 Å². The highest BCUT2D eigenvalue weighted by Gasteiger charge is 2.19. The molecule has 3 aromatic heterocycles. The van der Waals surface area contributed by atoms with E-state index in [0.29, 0.717) is 34.0 Å². The predicted molar refractivity (Wildman–Crippen MR) is 142 cm³/mol. The molecule has 0 aliphatic rings. The molecule has 0 amide bonds. The van der Waals surface area contributed by atoms with Crippen molar-refractivity contribution in [2.75, 3.05) is 0 Å². The second-order valence-electron chi connectivity index (χ2n) is 9.01. The number of aliphatic hydroxyl groups is 1. The smallest absolute Gasteiger partial charge is 0.277 e. The summed E-state index contributed by atoms with van der Waals surface area (Å²) in [5.74, 6) is -0.0613. The van der Waals surface area contributed by atoms with Crippen LogP contribution in [-0.4, -0.2) is 30.8 Å². The lowest BCUT2D eigenvalue weighted by Crippen LogP contribution is -2.23. The summed E-state index contributed by atoms with van der Waals surface area (Å²) in [4.78, 5) is 30.0. The van der Waals surface area contributed by atoms with Crippen LogP contribution >= 0.6 is 11.6 Å². The molecule has 0 radical (unpaired) electrons. The predicted octanol–water partition coefficient (Wildman–Crippen LogP) is 4.94. The molecule has 0 spiro atoms. The van der Waals surface area contributed by atoms with Crippen LogP contribution in [0.3, 0.4) is 0 Å². The van der Waals surface area contributed by atoms with Crippen LogP contribution < -0.4 is 10.3 Å². The first kappa shape index (κ1) is 27.9. The van der Waals surface area contributed by atoms with Gasteiger partial charge in [0, 0.05) is 30.4 Å². The van der Waals surface area contributed by atoms with Gasteiger partial charge in [0.15, 0.2) is 5.82 Å². The Balaban J connectivity index is 1.85. The molecular formula is C27H29ClFN5O3. The number of pyridine rings is 2. The van der Waals surface area contributed by atoms with E-state index in [4.69, 9.17) is 16.3 Å². The Morgan fingerprint density at radius 2 is 2.05 bits per heavy atom. The third-order valence-corrected chi connectivity index (χ3v) is 5.70. The average Bonchev–Trinajstić information content (AvgIpc) is 2.83. The number of aromatic nitrogens is 4. The van der Waals surface area contributed by atoms with E-state index in [1.807, 2.05) is 0 Å². The van der Waals surface area contributed by atoms with Crippen molar-refractivity contribution < 1.29 is 14.2 Å². The Morgan fingerprint density at radius 3 is 2.70 bits per heavy atom. The highest BCUT2D eigenvalue weighted by molar-refractivity contribution is 6.31. The van der Waals surface area contributed by atoms with Crippen molar-refractivity contribution in [2.24, 2.45) is 4.99 Å². The van der Waals surface area contributed by atoms with Crippen molar-refractivity contribution >= 4 is 23.5 Å². The zero-order valence-corrected chi connectivity index (χ0v) is 22.2. The van der Waals surface area contributed by atoms with Crippen LogP contribution in [-0.2, 0) is 18.8 Å². The Bertz CT molecular complexity index is 1440. The fourth-order valence-corrected chi connectivity index (χ4v) is 3.64. The van der Waals surface area contributed by atoms with E-state index in [2.05, 4.69) is 26.5 Å². The van der Waals surface area contributed by atoms with Crippen LogP contribution in [0.5, 0.6) is 5.75 Å². The number of aliphatic imine (C=N–C) groups is 1. The molecule has 0 atom stereocenters. The molecule has 10 heteroatoms. The zero-order chi connectivity index (χ0) is 27.3. The van der Waals surface area contributed by atoms with E-state index < -0.39 is 17.0 Å². The summed E-state index contributed by atoms with van der Waals surface area (Å²) in [7, 11) is 0. The van der Waals surface area contributed by atoms with Gasteiger partial charge in [0.05, 0.1) is 17.9 Å². The maximum absolute atomic E-state index is 14.1. The Kier molecular flexibility index (Phi) is 8.73. The third kappa shape index (κ3) is 6.75. The molecule has 194 valence electrons. The lowest BCUT2D eigenvalue weighted by molar-refractivity contribution is 0.0684. The van der Waals surface area contributed by atoms with Gasteiger partial charge < -0.3 is 9.84 Å². The SMILES string of the molecule is C=C/C(=C(/C)C=NCc1ccnc(C(C)(C)O)n1)n1c(C)cc(OCc2ncc(C)cc2F)c(Cl)c1=O. The number of halogens is 2. The summed E-state index contributed by atoms with van der Waals surface area (Å²) < 4.78 is 21.2. The van der Waals surface area contributed by atoms with Crippen molar-refractivity contribution in [1.29, 1.82) is 0 Å². The summed E-state index contributed by atoms with van der Waals surface area (Å²) >= 11 is 6.35. The summed E-state index contributed by atoms with van der Waals surface area (Å²) in [5.41, 5.74) is 1.45. The van der Waals surface area contributed by atoms with Crippen molar-refractivity contribution in [3.63, 3.8) is 0 Å². The van der Waals surface area contributed by atoms with Gasteiger partial charge in [0.2, 0.25) is 0 Å². The first-order valence-electron chi connectivity index (χ1n) is 11.5. The van der Waals surface area contributed by atoms with E-state index in [1.165, 1.54) is 22.9 Å². The Hall–Kier alpha value is -3.69. The van der Waals surface area contributed by atoms with Gasteiger partial charge in [0.25, 0.3) is 5.56 Å². The van der Waals surface area contributed by atoms with Gasteiger partial charge in [-0.3, -0.25) is 19.3 Å². The fourth-order valence-electron chi connectivity index (χ4n) is 3.45. The molecule has 0 saturated carbocycles. The molecule has 0 unspecified atom stereocenters. The van der Waals surface area contributed by atoms with Crippen LogP contribution in [0, 0.1) is 19.7 Å². The molecule has 0 aliphatic heterocycles. The maximum atomic E-state index is 14.1. The zero-order valence-electron chi connectivity index (χ0n) is 21.4. The van der Waals surface area contributed by atoms with Gasteiger partial charge in [-0.2, -0.15) is 0 Å². The van der Waals surface area contributed by atoms with Crippen LogP contribution in [0.2, 0.25) is 5.02 Å². The minimum atomic E-state index is -1.16. The maximum Gasteiger partial charge on any atom is 0.277 e. The minimum absolute atomic E-state index is 0.112. The van der Waals surface area contributed by atoms with E-state index in [-0.39, 0.29) is 29.6 Å². The summed E-state index contributed by atoms with van der Waals surface area (Å²) in [5, 5.41) is 9.96. The van der Waals surface area contributed by atoms with Gasteiger partial charge >= 0.3 is 0 Å². The van der Waals surface area contributed by atoms with Crippen LogP contribution in [0.25, 0.3) is 5.70 Å². The molecule has 8 nitrogen and oxygen atoms in total. The third-order valence-electron chi connectivity index (χ3n) is 5.36. The van der Waals surface area contributed by atoms with Crippen LogP contribution in [0.1, 0.15) is 49.2 Å². The van der Waals surface area contributed by atoms with Gasteiger partial charge in [-0.1, -0.05) is 18.2 Å². The second-order valence-corrected chi connectivity index (χ2v) is 9.39. The monoisotopic (exact) mass is 525 g/mol.